The SMILES string of the molecule is Cc1cncc(C(=O)NC2CCCC3(CCN(c4cccc(F)c4)C3=O)C2)n1. The maximum Gasteiger partial charge on any atom is 0.271 e. The van der Waals surface area contributed by atoms with Gasteiger partial charge in [-0.3, -0.25) is 14.6 Å². The molecule has 2 aromatic rings. The minimum absolute atomic E-state index is 0.0346. The second kappa shape index (κ2) is 7.30. The summed E-state index contributed by atoms with van der Waals surface area (Å²) in [6, 6.07) is 6.07. The van der Waals surface area contributed by atoms with Gasteiger partial charge in [0.25, 0.3) is 5.91 Å². The molecule has 28 heavy (non-hydrogen) atoms. The van der Waals surface area contributed by atoms with Crippen molar-refractivity contribution in [1.29, 1.82) is 0 Å². The topological polar surface area (TPSA) is 75.2 Å². The first-order valence-electron chi connectivity index (χ1n) is 9.64. The monoisotopic (exact) mass is 382 g/mol. The zero-order valence-electron chi connectivity index (χ0n) is 15.8. The number of aryl methyl sites for hydroxylation is 1. The van der Waals surface area contributed by atoms with E-state index in [-0.39, 0.29) is 23.7 Å². The number of carbonyl (C=O) groups excluding carboxylic acids is 2. The zero-order chi connectivity index (χ0) is 19.7. The Bertz CT molecular complexity index is 919. The third-order valence-corrected chi connectivity index (χ3v) is 5.80. The highest BCUT2D eigenvalue weighted by molar-refractivity contribution is 6.00. The van der Waals surface area contributed by atoms with E-state index in [2.05, 4.69) is 15.3 Å². The largest absolute Gasteiger partial charge is 0.348 e. The van der Waals surface area contributed by atoms with Crippen molar-refractivity contribution in [1.82, 2.24) is 15.3 Å². The Kier molecular flexibility index (Phi) is 4.83. The Hall–Kier alpha value is -2.83. The molecule has 0 radical (unpaired) electrons. The quantitative estimate of drug-likeness (QED) is 0.885. The minimum atomic E-state index is -0.485. The summed E-state index contributed by atoms with van der Waals surface area (Å²) >= 11 is 0. The third-order valence-electron chi connectivity index (χ3n) is 5.80. The molecule has 1 saturated carbocycles. The molecule has 1 spiro atoms. The number of aromatic nitrogens is 2. The summed E-state index contributed by atoms with van der Waals surface area (Å²) in [4.78, 5) is 35.6. The molecule has 146 valence electrons. The van der Waals surface area contributed by atoms with E-state index in [4.69, 9.17) is 0 Å². The highest BCUT2D eigenvalue weighted by Crippen LogP contribution is 2.46. The number of nitrogens with one attached hydrogen (secondary N) is 1. The Morgan fingerprint density at radius 2 is 2.18 bits per heavy atom. The molecule has 2 amide bonds. The summed E-state index contributed by atoms with van der Waals surface area (Å²) < 4.78 is 13.6. The van der Waals surface area contributed by atoms with E-state index in [1.54, 1.807) is 30.2 Å². The number of hydrogen-bond acceptors (Lipinski definition) is 4. The van der Waals surface area contributed by atoms with Crippen molar-refractivity contribution in [3.05, 3.63) is 53.9 Å². The molecule has 1 aromatic heterocycles. The van der Waals surface area contributed by atoms with Gasteiger partial charge in [-0.25, -0.2) is 9.37 Å². The fraction of sp³-hybridized carbons (Fsp3) is 0.429. The van der Waals surface area contributed by atoms with Crippen LogP contribution < -0.4 is 10.2 Å². The first-order chi connectivity index (χ1) is 13.5. The molecule has 1 N–H and O–H groups in total. The number of carbonyl (C=O) groups is 2. The Morgan fingerprint density at radius 3 is 2.96 bits per heavy atom. The van der Waals surface area contributed by atoms with Gasteiger partial charge in [0.2, 0.25) is 5.91 Å². The predicted molar refractivity (Wildman–Crippen MR) is 102 cm³/mol. The molecule has 1 aliphatic heterocycles. The fourth-order valence-corrected chi connectivity index (χ4v) is 4.45. The molecule has 2 atom stereocenters. The Morgan fingerprint density at radius 1 is 1.32 bits per heavy atom. The van der Waals surface area contributed by atoms with Crippen molar-refractivity contribution < 1.29 is 14.0 Å². The van der Waals surface area contributed by atoms with Crippen molar-refractivity contribution in [2.24, 2.45) is 5.41 Å². The maximum atomic E-state index is 13.6. The standard InChI is InChI=1S/C21H23FN4O2/c1-14-12-23-13-18(24-14)19(27)25-16-5-3-7-21(11-16)8-9-26(20(21)28)17-6-2-4-15(22)10-17/h2,4,6,10,12-13,16H,3,5,7-9,11H2,1H3,(H,25,27). The summed E-state index contributed by atoms with van der Waals surface area (Å²) in [5.74, 6) is -0.572. The molecule has 1 aromatic carbocycles. The van der Waals surface area contributed by atoms with Gasteiger partial charge in [0.1, 0.15) is 11.5 Å². The summed E-state index contributed by atoms with van der Waals surface area (Å²) in [6.45, 7) is 2.36. The molecule has 2 heterocycles. The van der Waals surface area contributed by atoms with Crippen LogP contribution in [0.1, 0.15) is 48.3 Å². The van der Waals surface area contributed by atoms with Crippen LogP contribution in [0.3, 0.4) is 0 Å². The molecule has 2 unspecified atom stereocenters. The van der Waals surface area contributed by atoms with Crippen LogP contribution in [0.25, 0.3) is 0 Å². The predicted octanol–water partition coefficient (Wildman–Crippen LogP) is 3.02. The van der Waals surface area contributed by atoms with Crippen LogP contribution in [0.15, 0.2) is 36.7 Å². The van der Waals surface area contributed by atoms with E-state index < -0.39 is 5.41 Å². The van der Waals surface area contributed by atoms with Crippen LogP contribution in [0, 0.1) is 18.2 Å². The maximum absolute atomic E-state index is 13.6. The summed E-state index contributed by atoms with van der Waals surface area (Å²) in [7, 11) is 0. The van der Waals surface area contributed by atoms with Gasteiger partial charge in [-0.05, 0) is 50.8 Å². The van der Waals surface area contributed by atoms with Crippen LogP contribution in [-0.4, -0.2) is 34.4 Å². The number of benzene rings is 1. The number of hydrogen-bond donors (Lipinski definition) is 1. The van der Waals surface area contributed by atoms with Gasteiger partial charge in [-0.15, -0.1) is 0 Å². The molecular weight excluding hydrogens is 359 g/mol. The average molecular weight is 382 g/mol. The van der Waals surface area contributed by atoms with Gasteiger partial charge in [0, 0.05) is 24.5 Å². The smallest absolute Gasteiger partial charge is 0.271 e. The fourth-order valence-electron chi connectivity index (χ4n) is 4.45. The summed E-state index contributed by atoms with van der Waals surface area (Å²) in [6.07, 6.45) is 6.88. The van der Waals surface area contributed by atoms with E-state index in [1.807, 2.05) is 0 Å². The first-order valence-corrected chi connectivity index (χ1v) is 9.64. The van der Waals surface area contributed by atoms with Crippen molar-refractivity contribution in [2.45, 2.75) is 45.1 Å². The number of halogens is 1. The van der Waals surface area contributed by atoms with Crippen LogP contribution >= 0.6 is 0 Å². The van der Waals surface area contributed by atoms with Gasteiger partial charge in [0.05, 0.1) is 17.3 Å². The summed E-state index contributed by atoms with van der Waals surface area (Å²) in [5, 5.41) is 3.03. The van der Waals surface area contributed by atoms with E-state index >= 15 is 0 Å². The highest BCUT2D eigenvalue weighted by atomic mass is 19.1. The van der Waals surface area contributed by atoms with Gasteiger partial charge in [-0.1, -0.05) is 12.5 Å². The van der Waals surface area contributed by atoms with Crippen LogP contribution in [0.4, 0.5) is 10.1 Å². The lowest BCUT2D eigenvalue weighted by atomic mass is 9.71. The van der Waals surface area contributed by atoms with Gasteiger partial charge in [0.15, 0.2) is 0 Å². The Balaban J connectivity index is 1.47. The van der Waals surface area contributed by atoms with Gasteiger partial charge in [-0.2, -0.15) is 0 Å². The lowest BCUT2D eigenvalue weighted by Gasteiger charge is -2.36. The van der Waals surface area contributed by atoms with Crippen molar-refractivity contribution in [3.63, 3.8) is 0 Å². The highest BCUT2D eigenvalue weighted by Gasteiger charge is 2.49. The van der Waals surface area contributed by atoms with E-state index in [0.717, 1.165) is 25.7 Å². The van der Waals surface area contributed by atoms with E-state index in [1.165, 1.54) is 18.3 Å². The second-order valence-corrected chi connectivity index (χ2v) is 7.78. The third kappa shape index (κ3) is 3.48. The number of rotatable bonds is 3. The normalized spacial score (nSPS) is 24.6. The molecule has 1 aliphatic carbocycles. The lowest BCUT2D eigenvalue weighted by molar-refractivity contribution is -0.127. The molecular formula is C21H23FN4O2. The van der Waals surface area contributed by atoms with Crippen LogP contribution in [-0.2, 0) is 4.79 Å². The van der Waals surface area contributed by atoms with Crippen LogP contribution in [0.5, 0.6) is 0 Å². The van der Waals surface area contributed by atoms with E-state index in [9.17, 15) is 14.0 Å². The van der Waals surface area contributed by atoms with Crippen LogP contribution in [0.2, 0.25) is 0 Å². The molecule has 7 heteroatoms. The molecule has 2 aliphatic rings. The van der Waals surface area contributed by atoms with Crippen molar-refractivity contribution >= 4 is 17.5 Å². The van der Waals surface area contributed by atoms with E-state index in [0.29, 0.717) is 30.0 Å². The van der Waals surface area contributed by atoms with Crippen molar-refractivity contribution in [3.8, 4) is 0 Å². The molecule has 6 nitrogen and oxygen atoms in total. The number of amides is 2. The molecule has 2 fully saturated rings. The zero-order valence-corrected chi connectivity index (χ0v) is 15.8. The number of nitrogens with zero attached hydrogens (tertiary/aromatic N) is 3. The Labute approximate surface area is 163 Å². The van der Waals surface area contributed by atoms with Crippen molar-refractivity contribution in [2.75, 3.05) is 11.4 Å². The van der Waals surface area contributed by atoms with Gasteiger partial charge >= 0.3 is 0 Å². The average Bonchev–Trinajstić information content (AvgIpc) is 2.97. The minimum Gasteiger partial charge on any atom is -0.348 e. The molecule has 0 bridgehead atoms. The first kappa shape index (κ1) is 18.5. The molecule has 4 rings (SSSR count). The molecule has 1 saturated heterocycles. The van der Waals surface area contributed by atoms with Gasteiger partial charge < -0.3 is 10.2 Å². The summed E-state index contributed by atoms with van der Waals surface area (Å²) in [5.41, 5.74) is 1.09. The number of anilines is 1. The lowest BCUT2D eigenvalue weighted by Crippen LogP contribution is -2.46. The second-order valence-electron chi connectivity index (χ2n) is 7.78.